The van der Waals surface area contributed by atoms with E-state index in [1.807, 2.05) is 30.0 Å². The van der Waals surface area contributed by atoms with Crippen LogP contribution in [0.4, 0.5) is 5.69 Å². The molecule has 0 atom stereocenters. The van der Waals surface area contributed by atoms with Crippen LogP contribution < -0.4 is 5.32 Å². The molecule has 0 aliphatic carbocycles. The number of amides is 2. The third-order valence-corrected chi connectivity index (χ3v) is 4.97. The lowest BCUT2D eigenvalue weighted by atomic mass is 10.1. The van der Waals surface area contributed by atoms with Gasteiger partial charge in [0.05, 0.1) is 12.7 Å². The average Bonchev–Trinajstić information content (AvgIpc) is 3.32. The topological polar surface area (TPSA) is 62.6 Å². The van der Waals surface area contributed by atoms with E-state index in [0.717, 1.165) is 48.0 Å². The molecule has 2 amide bonds. The summed E-state index contributed by atoms with van der Waals surface area (Å²) in [6.45, 7) is 3.66. The molecular formula is C22H22N2O3. The van der Waals surface area contributed by atoms with Gasteiger partial charge in [0, 0.05) is 35.3 Å². The quantitative estimate of drug-likeness (QED) is 0.758. The number of furan rings is 1. The molecule has 0 unspecified atom stereocenters. The minimum absolute atomic E-state index is 0.0607. The number of benzene rings is 2. The summed E-state index contributed by atoms with van der Waals surface area (Å²) in [7, 11) is 0. The first kappa shape index (κ1) is 17.3. The molecule has 2 aromatic carbocycles. The molecule has 1 N–H and O–H groups in total. The molecule has 0 saturated carbocycles. The van der Waals surface area contributed by atoms with Gasteiger partial charge in [0.15, 0.2) is 0 Å². The largest absolute Gasteiger partial charge is 0.464 e. The van der Waals surface area contributed by atoms with Gasteiger partial charge in [-0.25, -0.2) is 0 Å². The first-order chi connectivity index (χ1) is 13.1. The van der Waals surface area contributed by atoms with Gasteiger partial charge in [-0.1, -0.05) is 12.1 Å². The molecule has 1 aliphatic heterocycles. The Bertz CT molecular complexity index is 982. The smallest absolute Gasteiger partial charge is 0.253 e. The van der Waals surface area contributed by atoms with E-state index in [9.17, 15) is 9.59 Å². The molecule has 3 aromatic rings. The Labute approximate surface area is 158 Å². The van der Waals surface area contributed by atoms with Crippen molar-refractivity contribution in [3.63, 3.8) is 0 Å². The Hall–Kier alpha value is -3.08. The van der Waals surface area contributed by atoms with E-state index in [1.165, 1.54) is 0 Å². The van der Waals surface area contributed by atoms with Crippen molar-refractivity contribution in [2.24, 2.45) is 0 Å². The van der Waals surface area contributed by atoms with Crippen LogP contribution in [-0.4, -0.2) is 29.8 Å². The standard InChI is InChI=1S/C22H22N2O3/c1-15-4-9-19-17(14-27-20(19)12-15)13-21(25)23-18-7-5-16(6-8-18)22(26)24-10-2-3-11-24/h4-9,12,14H,2-3,10-11,13H2,1H3,(H,23,25). The van der Waals surface area contributed by atoms with Crippen LogP contribution in [0.2, 0.25) is 0 Å². The number of likely N-dealkylation sites (tertiary alicyclic amines) is 1. The third-order valence-electron chi connectivity index (χ3n) is 4.97. The van der Waals surface area contributed by atoms with Crippen molar-refractivity contribution < 1.29 is 14.0 Å². The van der Waals surface area contributed by atoms with Crippen LogP contribution in [0.15, 0.2) is 53.1 Å². The first-order valence-electron chi connectivity index (χ1n) is 9.26. The van der Waals surface area contributed by atoms with E-state index in [1.54, 1.807) is 30.5 Å². The summed E-state index contributed by atoms with van der Waals surface area (Å²) >= 11 is 0. The van der Waals surface area contributed by atoms with Gasteiger partial charge in [-0.15, -0.1) is 0 Å². The first-order valence-corrected chi connectivity index (χ1v) is 9.26. The van der Waals surface area contributed by atoms with E-state index >= 15 is 0 Å². The van der Waals surface area contributed by atoms with Gasteiger partial charge in [0.25, 0.3) is 5.91 Å². The molecule has 5 nitrogen and oxygen atoms in total. The van der Waals surface area contributed by atoms with Crippen LogP contribution in [0.1, 0.15) is 34.3 Å². The molecule has 0 radical (unpaired) electrons. The summed E-state index contributed by atoms with van der Waals surface area (Å²) in [6.07, 6.45) is 4.02. The Morgan fingerprint density at radius 1 is 1.07 bits per heavy atom. The van der Waals surface area contributed by atoms with Crippen LogP contribution in [0.3, 0.4) is 0 Å². The maximum atomic E-state index is 12.4. The number of aryl methyl sites for hydroxylation is 1. The third kappa shape index (κ3) is 3.72. The zero-order valence-corrected chi connectivity index (χ0v) is 15.3. The average molecular weight is 362 g/mol. The minimum Gasteiger partial charge on any atom is -0.464 e. The second-order valence-electron chi connectivity index (χ2n) is 7.06. The van der Waals surface area contributed by atoms with Gasteiger partial charge in [-0.3, -0.25) is 9.59 Å². The number of carbonyl (C=O) groups excluding carboxylic acids is 2. The maximum absolute atomic E-state index is 12.4. The predicted molar refractivity (Wildman–Crippen MR) is 105 cm³/mol. The lowest BCUT2D eigenvalue weighted by molar-refractivity contribution is -0.115. The van der Waals surface area contributed by atoms with Gasteiger partial charge >= 0.3 is 0 Å². The fraction of sp³-hybridized carbons (Fsp3) is 0.273. The Morgan fingerprint density at radius 2 is 1.81 bits per heavy atom. The van der Waals surface area contributed by atoms with Crippen molar-refractivity contribution >= 4 is 28.5 Å². The fourth-order valence-corrected chi connectivity index (χ4v) is 3.50. The monoisotopic (exact) mass is 362 g/mol. The summed E-state index contributed by atoms with van der Waals surface area (Å²) in [4.78, 5) is 26.6. The number of fused-ring (bicyclic) bond motifs is 1. The molecule has 0 bridgehead atoms. The SMILES string of the molecule is Cc1ccc2c(CC(=O)Nc3ccc(C(=O)N4CCCC4)cc3)coc2c1. The minimum atomic E-state index is -0.114. The molecule has 1 saturated heterocycles. The zero-order chi connectivity index (χ0) is 18.8. The molecule has 1 aromatic heterocycles. The molecular weight excluding hydrogens is 340 g/mol. The Morgan fingerprint density at radius 3 is 2.56 bits per heavy atom. The lowest BCUT2D eigenvalue weighted by Gasteiger charge is -2.15. The summed E-state index contributed by atoms with van der Waals surface area (Å²) in [5, 5.41) is 3.85. The number of anilines is 1. The van der Waals surface area contributed by atoms with Crippen molar-refractivity contribution in [2.45, 2.75) is 26.2 Å². The number of rotatable bonds is 4. The van der Waals surface area contributed by atoms with Crippen molar-refractivity contribution in [1.82, 2.24) is 4.90 Å². The molecule has 27 heavy (non-hydrogen) atoms. The Balaban J connectivity index is 1.41. The van der Waals surface area contributed by atoms with Crippen LogP contribution in [0.25, 0.3) is 11.0 Å². The highest BCUT2D eigenvalue weighted by atomic mass is 16.3. The number of carbonyl (C=O) groups is 2. The van der Waals surface area contributed by atoms with Gasteiger partial charge in [0.2, 0.25) is 5.91 Å². The van der Waals surface area contributed by atoms with Gasteiger partial charge in [-0.2, -0.15) is 0 Å². The van der Waals surface area contributed by atoms with E-state index in [2.05, 4.69) is 5.32 Å². The van der Waals surface area contributed by atoms with Crippen LogP contribution >= 0.6 is 0 Å². The number of nitrogens with zero attached hydrogens (tertiary/aromatic N) is 1. The molecule has 4 rings (SSSR count). The normalized spacial score (nSPS) is 13.9. The van der Waals surface area contributed by atoms with Crippen molar-refractivity contribution in [2.75, 3.05) is 18.4 Å². The van der Waals surface area contributed by atoms with Crippen molar-refractivity contribution in [3.05, 3.63) is 65.4 Å². The molecule has 1 fully saturated rings. The van der Waals surface area contributed by atoms with Crippen molar-refractivity contribution in [1.29, 1.82) is 0 Å². The van der Waals surface area contributed by atoms with E-state index < -0.39 is 0 Å². The predicted octanol–water partition coefficient (Wildman–Crippen LogP) is 4.16. The fourth-order valence-electron chi connectivity index (χ4n) is 3.50. The van der Waals surface area contributed by atoms with Crippen molar-refractivity contribution in [3.8, 4) is 0 Å². The lowest BCUT2D eigenvalue weighted by Crippen LogP contribution is -2.27. The number of hydrogen-bond donors (Lipinski definition) is 1. The second-order valence-corrected chi connectivity index (χ2v) is 7.06. The zero-order valence-electron chi connectivity index (χ0n) is 15.3. The highest BCUT2D eigenvalue weighted by Crippen LogP contribution is 2.23. The molecule has 2 heterocycles. The molecule has 138 valence electrons. The number of hydrogen-bond acceptors (Lipinski definition) is 3. The summed E-state index contributed by atoms with van der Waals surface area (Å²) in [5.41, 5.74) is 4.12. The molecule has 0 spiro atoms. The van der Waals surface area contributed by atoms with E-state index in [0.29, 0.717) is 11.3 Å². The summed E-state index contributed by atoms with van der Waals surface area (Å²) in [5.74, 6) is -0.0533. The highest BCUT2D eigenvalue weighted by molar-refractivity contribution is 5.97. The maximum Gasteiger partial charge on any atom is 0.253 e. The molecule has 5 heteroatoms. The summed E-state index contributed by atoms with van der Waals surface area (Å²) in [6, 6.07) is 13.0. The van der Waals surface area contributed by atoms with Gasteiger partial charge < -0.3 is 14.6 Å². The summed E-state index contributed by atoms with van der Waals surface area (Å²) < 4.78 is 5.55. The highest BCUT2D eigenvalue weighted by Gasteiger charge is 2.19. The van der Waals surface area contributed by atoms with E-state index in [4.69, 9.17) is 4.42 Å². The van der Waals surface area contributed by atoms with Crippen LogP contribution in [0, 0.1) is 6.92 Å². The van der Waals surface area contributed by atoms with Crippen LogP contribution in [-0.2, 0) is 11.2 Å². The number of nitrogens with one attached hydrogen (secondary N) is 1. The Kier molecular flexibility index (Phi) is 4.67. The van der Waals surface area contributed by atoms with E-state index in [-0.39, 0.29) is 18.2 Å². The van der Waals surface area contributed by atoms with Crippen LogP contribution in [0.5, 0.6) is 0 Å². The van der Waals surface area contributed by atoms with Gasteiger partial charge in [0.1, 0.15) is 5.58 Å². The molecule has 1 aliphatic rings. The van der Waals surface area contributed by atoms with Gasteiger partial charge in [-0.05, 0) is 55.7 Å². The second kappa shape index (κ2) is 7.27.